The van der Waals surface area contributed by atoms with Crippen molar-refractivity contribution in [3.05, 3.63) is 60.0 Å². The Labute approximate surface area is 161 Å². The molecule has 1 aromatic carbocycles. The summed E-state index contributed by atoms with van der Waals surface area (Å²) in [5.41, 5.74) is 1.27. The summed E-state index contributed by atoms with van der Waals surface area (Å²) in [5.74, 6) is 0.704. The molecule has 5 rings (SSSR count). The molecule has 2 aliphatic rings. The summed E-state index contributed by atoms with van der Waals surface area (Å²) >= 11 is 0. The molecule has 1 unspecified atom stereocenters. The fraction of sp³-hybridized carbons (Fsp3) is 0.333. The molecule has 1 spiro atoms. The van der Waals surface area contributed by atoms with E-state index in [4.69, 9.17) is 4.74 Å². The van der Waals surface area contributed by atoms with Crippen LogP contribution in [0, 0.1) is 0 Å². The van der Waals surface area contributed by atoms with Gasteiger partial charge in [0.25, 0.3) is 5.91 Å². The van der Waals surface area contributed by atoms with Gasteiger partial charge >= 0.3 is 0 Å². The van der Waals surface area contributed by atoms with Crippen LogP contribution >= 0.6 is 0 Å². The number of pyridine rings is 1. The Morgan fingerprint density at radius 3 is 2.89 bits per heavy atom. The number of nitrogens with zero attached hydrogens (tertiary/aromatic N) is 4. The summed E-state index contributed by atoms with van der Waals surface area (Å²) in [4.78, 5) is 31.8. The van der Waals surface area contributed by atoms with Gasteiger partial charge in [0.05, 0.1) is 12.0 Å². The molecule has 7 nitrogen and oxygen atoms in total. The number of para-hydroxylation sites is 1. The molecular formula is C21H20N4O3. The van der Waals surface area contributed by atoms with Gasteiger partial charge in [-0.15, -0.1) is 0 Å². The molecule has 0 radical (unpaired) electrons. The van der Waals surface area contributed by atoms with Gasteiger partial charge in [-0.05, 0) is 37.1 Å². The monoisotopic (exact) mass is 376 g/mol. The molecule has 1 atom stereocenters. The first-order chi connectivity index (χ1) is 13.7. The Balaban J connectivity index is 1.38. The Bertz CT molecular complexity index is 1080. The molecule has 0 aliphatic carbocycles. The van der Waals surface area contributed by atoms with E-state index < -0.39 is 5.60 Å². The molecule has 0 N–H and O–H groups in total. The maximum absolute atomic E-state index is 13.1. The van der Waals surface area contributed by atoms with Crippen molar-refractivity contribution in [2.75, 3.05) is 13.1 Å². The number of amides is 1. The lowest BCUT2D eigenvalue weighted by Crippen LogP contribution is -2.43. The van der Waals surface area contributed by atoms with Crippen LogP contribution in [0.2, 0.25) is 0 Å². The number of fused-ring (bicyclic) bond motifs is 2. The zero-order valence-corrected chi connectivity index (χ0v) is 15.4. The fourth-order valence-electron chi connectivity index (χ4n) is 4.26. The number of carbonyl (C=O) groups excluding carboxylic acids is 2. The van der Waals surface area contributed by atoms with E-state index in [1.165, 1.54) is 6.33 Å². The van der Waals surface area contributed by atoms with Crippen molar-refractivity contribution in [3.8, 4) is 5.75 Å². The van der Waals surface area contributed by atoms with Crippen molar-refractivity contribution in [2.45, 2.75) is 31.3 Å². The summed E-state index contributed by atoms with van der Waals surface area (Å²) in [5, 5.41) is 4.17. The van der Waals surface area contributed by atoms with E-state index in [1.807, 2.05) is 41.3 Å². The minimum Gasteiger partial charge on any atom is -0.486 e. The molecule has 142 valence electrons. The SMILES string of the molecule is O=C1CC2(CCCN(C(=O)c3cccc4ncnn34)CC2)Oc2ccccc21. The molecule has 3 aromatic rings. The number of benzene rings is 1. The number of ketones is 1. The third-order valence-corrected chi connectivity index (χ3v) is 5.70. The number of likely N-dealkylation sites (tertiary alicyclic amines) is 1. The van der Waals surface area contributed by atoms with Crippen LogP contribution in [0.1, 0.15) is 46.5 Å². The van der Waals surface area contributed by atoms with Gasteiger partial charge in [0, 0.05) is 19.5 Å². The van der Waals surface area contributed by atoms with Crippen molar-refractivity contribution >= 4 is 17.3 Å². The van der Waals surface area contributed by atoms with Gasteiger partial charge in [-0.2, -0.15) is 5.10 Å². The molecule has 28 heavy (non-hydrogen) atoms. The summed E-state index contributed by atoms with van der Waals surface area (Å²) in [6.07, 6.45) is 3.98. The van der Waals surface area contributed by atoms with Gasteiger partial charge in [0.2, 0.25) is 0 Å². The van der Waals surface area contributed by atoms with Crippen LogP contribution in [-0.4, -0.2) is 49.9 Å². The van der Waals surface area contributed by atoms with Crippen molar-refractivity contribution < 1.29 is 14.3 Å². The molecule has 2 aliphatic heterocycles. The van der Waals surface area contributed by atoms with E-state index in [9.17, 15) is 9.59 Å². The number of carbonyl (C=O) groups is 2. The van der Waals surface area contributed by atoms with E-state index in [2.05, 4.69) is 10.1 Å². The maximum Gasteiger partial charge on any atom is 0.272 e. The van der Waals surface area contributed by atoms with Gasteiger partial charge in [-0.25, -0.2) is 9.50 Å². The van der Waals surface area contributed by atoms with Crippen molar-refractivity contribution in [2.24, 2.45) is 0 Å². The summed E-state index contributed by atoms with van der Waals surface area (Å²) in [6.45, 7) is 1.17. The molecule has 1 amide bonds. The third kappa shape index (κ3) is 2.74. The second kappa shape index (κ2) is 6.44. The van der Waals surface area contributed by atoms with Crippen LogP contribution in [0.15, 0.2) is 48.8 Å². The first kappa shape index (κ1) is 16.9. The molecule has 1 fully saturated rings. The Morgan fingerprint density at radius 1 is 1.07 bits per heavy atom. The van der Waals surface area contributed by atoms with E-state index in [0.717, 1.165) is 12.8 Å². The van der Waals surface area contributed by atoms with E-state index in [-0.39, 0.29) is 11.7 Å². The summed E-state index contributed by atoms with van der Waals surface area (Å²) in [7, 11) is 0. The van der Waals surface area contributed by atoms with Crippen LogP contribution in [0.25, 0.3) is 5.65 Å². The number of rotatable bonds is 1. The number of aromatic nitrogens is 3. The summed E-state index contributed by atoms with van der Waals surface area (Å²) in [6, 6.07) is 12.8. The second-order valence-corrected chi connectivity index (χ2v) is 7.47. The highest BCUT2D eigenvalue weighted by molar-refractivity contribution is 6.00. The Hall–Kier alpha value is -3.22. The molecule has 1 saturated heterocycles. The van der Waals surface area contributed by atoms with E-state index in [0.29, 0.717) is 48.6 Å². The first-order valence-electron chi connectivity index (χ1n) is 9.55. The largest absolute Gasteiger partial charge is 0.486 e. The number of ether oxygens (including phenoxy) is 1. The average Bonchev–Trinajstić information content (AvgIpc) is 3.10. The van der Waals surface area contributed by atoms with Crippen LogP contribution in [0.5, 0.6) is 5.75 Å². The number of hydrogen-bond donors (Lipinski definition) is 0. The third-order valence-electron chi connectivity index (χ3n) is 5.70. The molecule has 2 aromatic heterocycles. The topological polar surface area (TPSA) is 76.8 Å². The van der Waals surface area contributed by atoms with Gasteiger partial charge < -0.3 is 9.64 Å². The van der Waals surface area contributed by atoms with Gasteiger partial charge in [0.1, 0.15) is 23.4 Å². The predicted molar refractivity (Wildman–Crippen MR) is 101 cm³/mol. The Kier molecular flexibility index (Phi) is 3.89. The van der Waals surface area contributed by atoms with Gasteiger partial charge in [0.15, 0.2) is 11.4 Å². The highest BCUT2D eigenvalue weighted by atomic mass is 16.5. The zero-order valence-electron chi connectivity index (χ0n) is 15.4. The van der Waals surface area contributed by atoms with Crippen molar-refractivity contribution in [3.63, 3.8) is 0 Å². The van der Waals surface area contributed by atoms with Crippen LogP contribution in [0.3, 0.4) is 0 Å². The minimum atomic E-state index is -0.528. The highest BCUT2D eigenvalue weighted by Gasteiger charge is 2.42. The molecule has 0 bridgehead atoms. The zero-order chi connectivity index (χ0) is 19.1. The summed E-state index contributed by atoms with van der Waals surface area (Å²) < 4.78 is 7.89. The lowest BCUT2D eigenvalue weighted by molar-refractivity contribution is 0.0300. The maximum atomic E-state index is 13.1. The highest BCUT2D eigenvalue weighted by Crippen LogP contribution is 2.39. The second-order valence-electron chi connectivity index (χ2n) is 7.47. The quantitative estimate of drug-likeness (QED) is 0.653. The molecular weight excluding hydrogens is 356 g/mol. The first-order valence-corrected chi connectivity index (χ1v) is 9.55. The van der Waals surface area contributed by atoms with Crippen LogP contribution < -0.4 is 4.74 Å². The van der Waals surface area contributed by atoms with Crippen LogP contribution in [-0.2, 0) is 0 Å². The van der Waals surface area contributed by atoms with Gasteiger partial charge in [-0.3, -0.25) is 9.59 Å². The lowest BCUT2D eigenvalue weighted by atomic mass is 9.84. The molecule has 7 heteroatoms. The Morgan fingerprint density at radius 2 is 1.96 bits per heavy atom. The number of hydrogen-bond acceptors (Lipinski definition) is 5. The van der Waals surface area contributed by atoms with Crippen LogP contribution in [0.4, 0.5) is 0 Å². The average molecular weight is 376 g/mol. The fourth-order valence-corrected chi connectivity index (χ4v) is 4.26. The van der Waals surface area contributed by atoms with Crippen molar-refractivity contribution in [1.29, 1.82) is 0 Å². The van der Waals surface area contributed by atoms with E-state index in [1.54, 1.807) is 10.6 Å². The number of Topliss-reactive ketones (excluding diaryl/α,β-unsaturated/α-hetero) is 1. The predicted octanol–water partition coefficient (Wildman–Crippen LogP) is 2.76. The van der Waals surface area contributed by atoms with Crippen molar-refractivity contribution in [1.82, 2.24) is 19.5 Å². The normalized spacial score (nSPS) is 22.0. The standard InChI is InChI=1S/C21H20N4O3/c26-17-13-21(28-18-7-2-1-5-15(17)18)9-4-11-24(12-10-21)20(27)16-6-3-8-19-22-14-23-25(16)19/h1-3,5-8,14H,4,9-13H2. The van der Waals surface area contributed by atoms with E-state index >= 15 is 0 Å². The van der Waals surface area contributed by atoms with Gasteiger partial charge in [-0.1, -0.05) is 18.2 Å². The smallest absolute Gasteiger partial charge is 0.272 e. The minimum absolute atomic E-state index is 0.0734. The lowest BCUT2D eigenvalue weighted by Gasteiger charge is -2.37. The molecule has 4 heterocycles. The molecule has 0 saturated carbocycles.